The van der Waals surface area contributed by atoms with Crippen LogP contribution in [0.4, 0.5) is 13.2 Å². The zero-order valence-electron chi connectivity index (χ0n) is 4.00. The lowest BCUT2D eigenvalue weighted by Crippen LogP contribution is -2.30. The van der Waals surface area contributed by atoms with E-state index in [1.807, 2.05) is 0 Å². The second-order valence-electron chi connectivity index (χ2n) is 2.03. The average Bonchev–Trinajstić information content (AvgIpc) is 2.16. The Hall–Kier alpha value is -0.250. The summed E-state index contributed by atoms with van der Waals surface area (Å²) in [5.74, 6) is 0. The molecule has 1 saturated carbocycles. The predicted octanol–water partition coefficient (Wildman–Crippen LogP) is 1.07. The van der Waals surface area contributed by atoms with Crippen LogP contribution in [0.5, 0.6) is 0 Å². The van der Waals surface area contributed by atoms with Gasteiger partial charge in [0.05, 0.1) is 0 Å². The van der Waals surface area contributed by atoms with E-state index in [0.717, 1.165) is 0 Å². The van der Waals surface area contributed by atoms with Crippen LogP contribution in [0.15, 0.2) is 0 Å². The molecule has 0 amide bonds. The lowest BCUT2D eigenvalue weighted by Gasteiger charge is -2.10. The zero-order valence-corrected chi connectivity index (χ0v) is 4.00. The SMILES string of the molecule is OC1(C(F)(F)F)CC1. The van der Waals surface area contributed by atoms with Crippen molar-refractivity contribution >= 4 is 0 Å². The molecule has 0 heterocycles. The van der Waals surface area contributed by atoms with E-state index in [-0.39, 0.29) is 12.8 Å². The smallest absolute Gasteiger partial charge is 0.380 e. The quantitative estimate of drug-likeness (QED) is 0.514. The van der Waals surface area contributed by atoms with Gasteiger partial charge in [0.1, 0.15) is 0 Å². The number of hydrogen-bond donors (Lipinski definition) is 1. The number of hydrogen-bond acceptors (Lipinski definition) is 1. The second kappa shape index (κ2) is 1.18. The van der Waals surface area contributed by atoms with Crippen LogP contribution in [0.2, 0.25) is 0 Å². The molecule has 1 aliphatic carbocycles. The fourth-order valence-electron chi connectivity index (χ4n) is 0.402. The third kappa shape index (κ3) is 0.686. The minimum atomic E-state index is -4.40. The van der Waals surface area contributed by atoms with Crippen LogP contribution in [-0.2, 0) is 0 Å². The molecular formula is C4H5F3O. The normalized spacial score (nSPS) is 25.5. The van der Waals surface area contributed by atoms with Gasteiger partial charge in [-0.1, -0.05) is 0 Å². The average molecular weight is 126 g/mol. The van der Waals surface area contributed by atoms with E-state index in [1.165, 1.54) is 0 Å². The van der Waals surface area contributed by atoms with Crippen molar-refractivity contribution in [1.82, 2.24) is 0 Å². The summed E-state index contributed by atoms with van der Waals surface area (Å²) in [7, 11) is 0. The van der Waals surface area contributed by atoms with Gasteiger partial charge in [-0.2, -0.15) is 13.2 Å². The molecule has 0 bridgehead atoms. The van der Waals surface area contributed by atoms with E-state index in [9.17, 15) is 13.2 Å². The molecule has 0 spiro atoms. The molecule has 4 heteroatoms. The molecule has 1 nitrogen and oxygen atoms in total. The van der Waals surface area contributed by atoms with Crippen molar-refractivity contribution in [3.8, 4) is 0 Å². The van der Waals surface area contributed by atoms with Gasteiger partial charge in [0.2, 0.25) is 0 Å². The lowest BCUT2D eigenvalue weighted by atomic mass is 10.3. The van der Waals surface area contributed by atoms with Gasteiger partial charge in [0.15, 0.2) is 5.60 Å². The van der Waals surface area contributed by atoms with Gasteiger partial charge in [0, 0.05) is 0 Å². The Labute approximate surface area is 44.1 Å². The van der Waals surface area contributed by atoms with Gasteiger partial charge in [-0.3, -0.25) is 0 Å². The van der Waals surface area contributed by atoms with Gasteiger partial charge in [-0.15, -0.1) is 0 Å². The number of halogens is 3. The third-order valence-corrected chi connectivity index (χ3v) is 1.25. The summed E-state index contributed by atoms with van der Waals surface area (Å²) in [6.45, 7) is 0. The van der Waals surface area contributed by atoms with Crippen molar-refractivity contribution in [3.05, 3.63) is 0 Å². The molecule has 1 N–H and O–H groups in total. The predicted molar refractivity (Wildman–Crippen MR) is 20.2 cm³/mol. The highest BCUT2D eigenvalue weighted by molar-refractivity contribution is 4.99. The molecule has 0 atom stereocenters. The summed E-state index contributed by atoms with van der Waals surface area (Å²) in [5, 5.41) is 8.34. The summed E-state index contributed by atoms with van der Waals surface area (Å²) >= 11 is 0. The van der Waals surface area contributed by atoms with Crippen LogP contribution in [0.25, 0.3) is 0 Å². The maximum atomic E-state index is 11.4. The topological polar surface area (TPSA) is 20.2 Å². The van der Waals surface area contributed by atoms with Crippen molar-refractivity contribution in [3.63, 3.8) is 0 Å². The first-order valence-electron chi connectivity index (χ1n) is 2.25. The van der Waals surface area contributed by atoms with Gasteiger partial charge in [-0.05, 0) is 12.8 Å². The summed E-state index contributed by atoms with van der Waals surface area (Å²) in [5.41, 5.74) is -2.31. The van der Waals surface area contributed by atoms with Crippen molar-refractivity contribution in [2.45, 2.75) is 24.6 Å². The first-order valence-corrected chi connectivity index (χ1v) is 2.25. The minimum Gasteiger partial charge on any atom is -0.380 e. The molecule has 0 aromatic carbocycles. The maximum absolute atomic E-state index is 11.4. The Morgan fingerprint density at radius 1 is 1.25 bits per heavy atom. The van der Waals surface area contributed by atoms with E-state index in [0.29, 0.717) is 0 Å². The maximum Gasteiger partial charge on any atom is 0.417 e. The van der Waals surface area contributed by atoms with Crippen LogP contribution in [0.3, 0.4) is 0 Å². The Morgan fingerprint density at radius 3 is 1.62 bits per heavy atom. The third-order valence-electron chi connectivity index (χ3n) is 1.25. The lowest BCUT2D eigenvalue weighted by molar-refractivity contribution is -0.217. The van der Waals surface area contributed by atoms with Crippen molar-refractivity contribution < 1.29 is 18.3 Å². The molecule has 1 rings (SSSR count). The Morgan fingerprint density at radius 2 is 1.62 bits per heavy atom. The fraction of sp³-hybridized carbons (Fsp3) is 1.00. The van der Waals surface area contributed by atoms with Gasteiger partial charge in [-0.25, -0.2) is 0 Å². The fourth-order valence-corrected chi connectivity index (χ4v) is 0.402. The highest BCUT2D eigenvalue weighted by Gasteiger charge is 2.62. The molecule has 0 unspecified atom stereocenters. The van der Waals surface area contributed by atoms with Crippen LogP contribution in [-0.4, -0.2) is 16.9 Å². The Balaban J connectivity index is 2.58. The molecule has 1 aliphatic rings. The van der Waals surface area contributed by atoms with Crippen LogP contribution < -0.4 is 0 Å². The summed E-state index contributed by atoms with van der Waals surface area (Å²) in [4.78, 5) is 0. The number of aliphatic hydroxyl groups is 1. The highest BCUT2D eigenvalue weighted by Crippen LogP contribution is 2.48. The summed E-state index contributed by atoms with van der Waals surface area (Å²) < 4.78 is 34.1. The van der Waals surface area contributed by atoms with E-state index in [1.54, 1.807) is 0 Å². The van der Waals surface area contributed by atoms with E-state index in [4.69, 9.17) is 5.11 Å². The monoisotopic (exact) mass is 126 g/mol. The molecule has 1 fully saturated rings. The van der Waals surface area contributed by atoms with Crippen molar-refractivity contribution in [2.75, 3.05) is 0 Å². The van der Waals surface area contributed by atoms with Gasteiger partial charge < -0.3 is 5.11 Å². The summed E-state index contributed by atoms with van der Waals surface area (Å²) in [6, 6.07) is 0. The standard InChI is InChI=1S/C4H5F3O/c5-4(6,7)3(8)1-2-3/h8H,1-2H2. The van der Waals surface area contributed by atoms with Crippen LogP contribution in [0, 0.1) is 0 Å². The van der Waals surface area contributed by atoms with E-state index in [2.05, 4.69) is 0 Å². The van der Waals surface area contributed by atoms with Crippen molar-refractivity contribution in [2.24, 2.45) is 0 Å². The number of alkyl halides is 3. The molecular weight excluding hydrogens is 121 g/mol. The zero-order chi connectivity index (χ0) is 6.41. The number of rotatable bonds is 0. The molecule has 0 aliphatic heterocycles. The molecule has 0 saturated heterocycles. The van der Waals surface area contributed by atoms with E-state index < -0.39 is 11.8 Å². The first-order chi connectivity index (χ1) is 3.46. The van der Waals surface area contributed by atoms with Gasteiger partial charge >= 0.3 is 6.18 Å². The van der Waals surface area contributed by atoms with Crippen molar-refractivity contribution in [1.29, 1.82) is 0 Å². The van der Waals surface area contributed by atoms with E-state index >= 15 is 0 Å². The van der Waals surface area contributed by atoms with Crippen LogP contribution >= 0.6 is 0 Å². The van der Waals surface area contributed by atoms with Crippen LogP contribution in [0.1, 0.15) is 12.8 Å². The molecule has 0 aromatic rings. The largest absolute Gasteiger partial charge is 0.417 e. The summed E-state index contributed by atoms with van der Waals surface area (Å²) in [6.07, 6.45) is -4.65. The minimum absolute atomic E-state index is 0.128. The molecule has 0 radical (unpaired) electrons. The van der Waals surface area contributed by atoms with Gasteiger partial charge in [0.25, 0.3) is 0 Å². The molecule has 0 aromatic heterocycles. The Bertz CT molecular complexity index is 99.1. The molecule has 8 heavy (non-hydrogen) atoms. The highest BCUT2D eigenvalue weighted by atomic mass is 19.4. The second-order valence-corrected chi connectivity index (χ2v) is 2.03. The molecule has 48 valence electrons. The first kappa shape index (κ1) is 5.88. The Kier molecular flexibility index (Phi) is 0.867.